The van der Waals surface area contributed by atoms with Crippen LogP contribution in [0, 0.1) is 5.92 Å². The van der Waals surface area contributed by atoms with E-state index in [2.05, 4.69) is 0 Å². The lowest BCUT2D eigenvalue weighted by Crippen LogP contribution is -2.25. The second kappa shape index (κ2) is 8.77. The van der Waals surface area contributed by atoms with Crippen molar-refractivity contribution in [3.63, 3.8) is 0 Å². The van der Waals surface area contributed by atoms with Crippen LogP contribution in [0.5, 0.6) is 0 Å². The van der Waals surface area contributed by atoms with E-state index in [9.17, 15) is 4.79 Å². The molecule has 0 amide bonds. The van der Waals surface area contributed by atoms with Gasteiger partial charge in [0.05, 0.1) is 13.7 Å². The monoisotopic (exact) mass is 296 g/mol. The van der Waals surface area contributed by atoms with Crippen LogP contribution < -0.4 is 0 Å². The summed E-state index contributed by atoms with van der Waals surface area (Å²) in [6.07, 6.45) is 17.4. The summed E-state index contributed by atoms with van der Waals surface area (Å²) in [5.41, 5.74) is -0.561. The molecule has 0 aromatic heterocycles. The van der Waals surface area contributed by atoms with E-state index in [0.717, 1.165) is 18.8 Å². The molecule has 0 aromatic carbocycles. The third kappa shape index (κ3) is 5.61. The fraction of sp³-hybridized carbons (Fsp3) is 0.944. The van der Waals surface area contributed by atoms with E-state index in [0.29, 0.717) is 6.61 Å². The van der Waals surface area contributed by atoms with Crippen molar-refractivity contribution in [2.24, 2.45) is 5.92 Å². The highest BCUT2D eigenvalue weighted by Gasteiger charge is 2.52. The minimum atomic E-state index is -0.561. The van der Waals surface area contributed by atoms with Crippen LogP contribution in [-0.2, 0) is 14.3 Å². The summed E-state index contributed by atoms with van der Waals surface area (Å²) < 4.78 is 10.1. The molecule has 122 valence electrons. The van der Waals surface area contributed by atoms with Gasteiger partial charge in [0.2, 0.25) is 0 Å². The van der Waals surface area contributed by atoms with Gasteiger partial charge < -0.3 is 9.47 Å². The topological polar surface area (TPSA) is 38.8 Å². The Kier molecular flexibility index (Phi) is 7.01. The number of ether oxygens (including phenoxy) is 2. The lowest BCUT2D eigenvalue weighted by Gasteiger charge is -2.19. The molecular weight excluding hydrogens is 264 g/mol. The van der Waals surface area contributed by atoms with Crippen LogP contribution in [0.4, 0.5) is 0 Å². The Balaban J connectivity index is 1.49. The third-order valence-electron chi connectivity index (χ3n) is 5.22. The van der Waals surface area contributed by atoms with E-state index >= 15 is 0 Å². The maximum Gasteiger partial charge on any atom is 0.340 e. The molecule has 1 saturated carbocycles. The normalized spacial score (nSPS) is 26.9. The minimum absolute atomic E-state index is 0.183. The van der Waals surface area contributed by atoms with E-state index < -0.39 is 5.60 Å². The molecule has 0 radical (unpaired) electrons. The molecule has 21 heavy (non-hydrogen) atoms. The zero-order chi connectivity index (χ0) is 15.0. The second-order valence-corrected chi connectivity index (χ2v) is 6.94. The van der Waals surface area contributed by atoms with Crippen LogP contribution in [0.1, 0.15) is 83.5 Å². The molecule has 2 rings (SSSR count). The quantitative estimate of drug-likeness (QED) is 0.372. The molecule has 2 aliphatic rings. The summed E-state index contributed by atoms with van der Waals surface area (Å²) in [6.45, 7) is 0.557. The Morgan fingerprint density at radius 3 is 2.29 bits per heavy atom. The van der Waals surface area contributed by atoms with Crippen molar-refractivity contribution < 1.29 is 14.3 Å². The Hall–Kier alpha value is -0.570. The molecule has 1 aliphatic carbocycles. The number of hydrogen-bond donors (Lipinski definition) is 0. The molecule has 1 saturated heterocycles. The molecule has 0 spiro atoms. The Labute approximate surface area is 129 Å². The number of rotatable bonds is 8. The Bertz CT molecular complexity index is 302. The van der Waals surface area contributed by atoms with Crippen molar-refractivity contribution in [3.05, 3.63) is 0 Å². The largest absolute Gasteiger partial charge is 0.467 e. The molecule has 1 unspecified atom stereocenters. The van der Waals surface area contributed by atoms with Crippen molar-refractivity contribution in [1.29, 1.82) is 0 Å². The predicted octanol–water partition coefficient (Wildman–Crippen LogP) is 4.63. The van der Waals surface area contributed by atoms with Crippen molar-refractivity contribution in [2.45, 2.75) is 89.1 Å². The van der Waals surface area contributed by atoms with Gasteiger partial charge in [0.1, 0.15) is 0 Å². The standard InChI is InChI=1S/C18H32O3/c1-20-17(19)18(15-21-18)14-10-6-5-9-13-16-11-7-3-2-4-8-12-16/h16H,2-15H2,1H3. The smallest absolute Gasteiger partial charge is 0.340 e. The molecule has 0 bridgehead atoms. The van der Waals surface area contributed by atoms with Gasteiger partial charge >= 0.3 is 5.97 Å². The number of carbonyl (C=O) groups is 1. The SMILES string of the molecule is COC(=O)C1(CCCCCCC2CCCCCCC2)CO1. The molecule has 3 heteroatoms. The summed E-state index contributed by atoms with van der Waals surface area (Å²) in [7, 11) is 1.45. The molecule has 3 nitrogen and oxygen atoms in total. The molecule has 0 aromatic rings. The third-order valence-corrected chi connectivity index (χ3v) is 5.22. The van der Waals surface area contributed by atoms with Gasteiger partial charge in [-0.25, -0.2) is 4.79 Å². The summed E-state index contributed by atoms with van der Waals surface area (Å²) in [5, 5.41) is 0. The fourth-order valence-corrected chi connectivity index (χ4v) is 3.66. The Morgan fingerprint density at radius 1 is 1.05 bits per heavy atom. The van der Waals surface area contributed by atoms with Gasteiger partial charge in [0, 0.05) is 0 Å². The lowest BCUT2D eigenvalue weighted by atomic mass is 9.87. The molecular formula is C18H32O3. The Morgan fingerprint density at radius 2 is 1.67 bits per heavy atom. The van der Waals surface area contributed by atoms with Gasteiger partial charge in [0.15, 0.2) is 5.60 Å². The van der Waals surface area contributed by atoms with Crippen molar-refractivity contribution in [1.82, 2.24) is 0 Å². The fourth-order valence-electron chi connectivity index (χ4n) is 3.66. The zero-order valence-electron chi connectivity index (χ0n) is 13.7. The van der Waals surface area contributed by atoms with E-state index in [1.807, 2.05) is 0 Å². The average molecular weight is 296 g/mol. The molecule has 0 N–H and O–H groups in total. The van der Waals surface area contributed by atoms with Crippen LogP contribution >= 0.6 is 0 Å². The first-order valence-corrected chi connectivity index (χ1v) is 8.99. The van der Waals surface area contributed by atoms with Gasteiger partial charge in [-0.3, -0.25) is 0 Å². The van der Waals surface area contributed by atoms with Gasteiger partial charge in [-0.05, 0) is 18.8 Å². The summed E-state index contributed by atoms with van der Waals surface area (Å²) in [5.74, 6) is 0.801. The summed E-state index contributed by atoms with van der Waals surface area (Å²) in [4.78, 5) is 11.5. The van der Waals surface area contributed by atoms with Gasteiger partial charge in [-0.2, -0.15) is 0 Å². The van der Waals surface area contributed by atoms with Crippen molar-refractivity contribution >= 4 is 5.97 Å². The van der Waals surface area contributed by atoms with Crippen LogP contribution in [0.25, 0.3) is 0 Å². The maximum atomic E-state index is 11.5. The van der Waals surface area contributed by atoms with Gasteiger partial charge in [0.25, 0.3) is 0 Å². The second-order valence-electron chi connectivity index (χ2n) is 6.94. The molecule has 1 atom stereocenters. The number of epoxide rings is 1. The predicted molar refractivity (Wildman–Crippen MR) is 84.2 cm³/mol. The van der Waals surface area contributed by atoms with Crippen LogP contribution in [-0.4, -0.2) is 25.3 Å². The van der Waals surface area contributed by atoms with E-state index in [1.54, 1.807) is 0 Å². The average Bonchev–Trinajstić information content (AvgIpc) is 3.24. The van der Waals surface area contributed by atoms with E-state index in [1.165, 1.54) is 77.7 Å². The minimum Gasteiger partial charge on any atom is -0.467 e. The highest BCUT2D eigenvalue weighted by molar-refractivity contribution is 5.82. The van der Waals surface area contributed by atoms with Gasteiger partial charge in [-0.15, -0.1) is 0 Å². The van der Waals surface area contributed by atoms with Crippen molar-refractivity contribution in [3.8, 4) is 0 Å². The molecule has 1 heterocycles. The van der Waals surface area contributed by atoms with Crippen LogP contribution in [0.3, 0.4) is 0 Å². The maximum absolute atomic E-state index is 11.5. The lowest BCUT2D eigenvalue weighted by molar-refractivity contribution is -0.147. The van der Waals surface area contributed by atoms with E-state index in [-0.39, 0.29) is 5.97 Å². The van der Waals surface area contributed by atoms with E-state index in [4.69, 9.17) is 9.47 Å². The first-order valence-electron chi connectivity index (χ1n) is 8.99. The number of methoxy groups -OCH3 is 1. The zero-order valence-corrected chi connectivity index (χ0v) is 13.7. The molecule has 2 fully saturated rings. The number of unbranched alkanes of at least 4 members (excludes halogenated alkanes) is 3. The molecule has 1 aliphatic heterocycles. The highest BCUT2D eigenvalue weighted by atomic mass is 16.6. The van der Waals surface area contributed by atoms with Crippen LogP contribution in [0.15, 0.2) is 0 Å². The summed E-state index contributed by atoms with van der Waals surface area (Å²) >= 11 is 0. The first kappa shape index (κ1) is 16.8. The van der Waals surface area contributed by atoms with Gasteiger partial charge in [-0.1, -0.05) is 70.6 Å². The van der Waals surface area contributed by atoms with Crippen LogP contribution in [0.2, 0.25) is 0 Å². The number of carbonyl (C=O) groups excluding carboxylic acids is 1. The number of esters is 1. The van der Waals surface area contributed by atoms with Crippen molar-refractivity contribution in [2.75, 3.05) is 13.7 Å². The number of hydrogen-bond acceptors (Lipinski definition) is 3. The first-order chi connectivity index (χ1) is 10.3. The highest BCUT2D eigenvalue weighted by Crippen LogP contribution is 2.34. The summed E-state index contributed by atoms with van der Waals surface area (Å²) in [6, 6.07) is 0.